The van der Waals surface area contributed by atoms with Crippen molar-refractivity contribution in [2.45, 2.75) is 6.42 Å². The number of halogens is 3. The molecule has 0 spiro atoms. The van der Waals surface area contributed by atoms with Crippen LogP contribution in [-0.4, -0.2) is 10.5 Å². The Bertz CT molecular complexity index is 803. The molecule has 0 aliphatic carbocycles. The minimum atomic E-state index is 0.631. The summed E-state index contributed by atoms with van der Waals surface area (Å²) in [4.78, 5) is 0. The van der Waals surface area contributed by atoms with E-state index in [-0.39, 0.29) is 0 Å². The number of nitrogens with two attached hydrogens (primary N) is 1. The maximum atomic E-state index is 6.16. The van der Waals surface area contributed by atoms with Gasteiger partial charge in [0.2, 0.25) is 0 Å². The van der Waals surface area contributed by atoms with E-state index in [1.807, 2.05) is 12.1 Å². The SMILES string of the molecule is NCCc1c(Br)ccc2c3cc(Cl)ccc3n(SI)c12. The second-order valence-corrected chi connectivity index (χ2v) is 7.46. The average molecular weight is 482 g/mol. The zero-order valence-corrected chi connectivity index (χ0v) is 15.7. The molecular weight excluding hydrogens is 470 g/mol. The predicted molar refractivity (Wildman–Crippen MR) is 102 cm³/mol. The van der Waals surface area contributed by atoms with Gasteiger partial charge in [-0.1, -0.05) is 33.6 Å². The van der Waals surface area contributed by atoms with E-state index in [1.54, 1.807) is 9.12 Å². The van der Waals surface area contributed by atoms with Crippen LogP contribution in [-0.2, 0) is 6.42 Å². The van der Waals surface area contributed by atoms with Gasteiger partial charge in [-0.2, -0.15) is 0 Å². The van der Waals surface area contributed by atoms with Crippen molar-refractivity contribution in [3.05, 3.63) is 45.4 Å². The van der Waals surface area contributed by atoms with Crippen LogP contribution in [0.2, 0.25) is 5.02 Å². The first-order valence-corrected chi connectivity index (χ1v) is 10.6. The van der Waals surface area contributed by atoms with Gasteiger partial charge in [-0.3, -0.25) is 3.97 Å². The van der Waals surface area contributed by atoms with Crippen molar-refractivity contribution in [3.63, 3.8) is 0 Å². The van der Waals surface area contributed by atoms with Crippen LogP contribution in [0.5, 0.6) is 0 Å². The number of fused-ring (bicyclic) bond motifs is 3. The van der Waals surface area contributed by atoms with Gasteiger partial charge in [0.1, 0.15) is 0 Å². The fraction of sp³-hybridized carbons (Fsp3) is 0.143. The fourth-order valence-electron chi connectivity index (χ4n) is 2.54. The first-order chi connectivity index (χ1) is 9.67. The zero-order chi connectivity index (χ0) is 14.3. The third-order valence-electron chi connectivity index (χ3n) is 3.36. The van der Waals surface area contributed by atoms with Crippen LogP contribution < -0.4 is 5.73 Å². The summed E-state index contributed by atoms with van der Waals surface area (Å²) >= 11 is 12.1. The number of nitrogens with zero attached hydrogens (tertiary/aromatic N) is 1. The van der Waals surface area contributed by atoms with Crippen molar-refractivity contribution >= 4 is 79.7 Å². The Morgan fingerprint density at radius 3 is 2.75 bits per heavy atom. The average Bonchev–Trinajstić information content (AvgIpc) is 2.75. The van der Waals surface area contributed by atoms with Crippen LogP contribution in [0, 0.1) is 0 Å². The Morgan fingerprint density at radius 1 is 1.25 bits per heavy atom. The zero-order valence-electron chi connectivity index (χ0n) is 10.4. The topological polar surface area (TPSA) is 30.9 Å². The van der Waals surface area contributed by atoms with Crippen molar-refractivity contribution in [2.75, 3.05) is 6.54 Å². The molecule has 2 nitrogen and oxygen atoms in total. The van der Waals surface area contributed by atoms with E-state index in [9.17, 15) is 0 Å². The lowest BCUT2D eigenvalue weighted by Crippen LogP contribution is -2.04. The summed E-state index contributed by atoms with van der Waals surface area (Å²) in [5.41, 5.74) is 9.43. The predicted octanol–water partition coefficient (Wildman–Crippen LogP) is 5.56. The molecule has 1 aromatic heterocycles. The van der Waals surface area contributed by atoms with Gasteiger partial charge < -0.3 is 5.73 Å². The van der Waals surface area contributed by atoms with E-state index in [0.717, 1.165) is 15.9 Å². The minimum absolute atomic E-state index is 0.631. The van der Waals surface area contributed by atoms with Gasteiger partial charge in [0.05, 0.1) is 11.0 Å². The maximum Gasteiger partial charge on any atom is 0.0655 e. The molecule has 0 fully saturated rings. The first kappa shape index (κ1) is 15.0. The van der Waals surface area contributed by atoms with Crippen molar-refractivity contribution < 1.29 is 0 Å². The molecule has 20 heavy (non-hydrogen) atoms. The smallest absolute Gasteiger partial charge is 0.0655 e. The number of aromatic nitrogens is 1. The maximum absolute atomic E-state index is 6.16. The highest BCUT2D eigenvalue weighted by atomic mass is 127. The van der Waals surface area contributed by atoms with Crippen molar-refractivity contribution in [2.24, 2.45) is 5.73 Å². The molecule has 0 saturated carbocycles. The second-order valence-electron chi connectivity index (χ2n) is 4.49. The highest BCUT2D eigenvalue weighted by molar-refractivity contribution is 14.2. The van der Waals surface area contributed by atoms with Crippen LogP contribution in [0.4, 0.5) is 0 Å². The lowest BCUT2D eigenvalue weighted by molar-refractivity contribution is 0.968. The molecule has 2 aromatic carbocycles. The third kappa shape index (κ3) is 2.37. The Hall–Kier alpha value is 0.0500. The van der Waals surface area contributed by atoms with Crippen LogP contribution in [0.15, 0.2) is 34.8 Å². The van der Waals surface area contributed by atoms with Crippen molar-refractivity contribution in [1.82, 2.24) is 3.97 Å². The summed E-state index contributed by atoms with van der Waals surface area (Å²) in [5.74, 6) is 0. The van der Waals surface area contributed by atoms with Gasteiger partial charge >= 0.3 is 0 Å². The molecule has 0 atom stereocenters. The molecule has 0 radical (unpaired) electrons. The van der Waals surface area contributed by atoms with Crippen LogP contribution in [0.3, 0.4) is 0 Å². The van der Waals surface area contributed by atoms with E-state index >= 15 is 0 Å². The van der Waals surface area contributed by atoms with Gasteiger partial charge in [-0.05, 0) is 42.8 Å². The van der Waals surface area contributed by atoms with E-state index in [2.05, 4.69) is 59.3 Å². The summed E-state index contributed by atoms with van der Waals surface area (Å²) in [6.07, 6.45) is 0.846. The Labute approximate surface area is 146 Å². The Kier molecular flexibility index (Phi) is 4.52. The lowest BCUT2D eigenvalue weighted by Gasteiger charge is -2.08. The molecule has 104 valence electrons. The van der Waals surface area contributed by atoms with E-state index in [1.165, 1.54) is 27.4 Å². The first-order valence-electron chi connectivity index (χ1n) is 6.07. The normalized spacial score (nSPS) is 11.6. The molecule has 3 aromatic rings. The molecule has 6 heteroatoms. The summed E-state index contributed by atoms with van der Waals surface area (Å²) in [5, 5.41) is 3.17. The lowest BCUT2D eigenvalue weighted by atomic mass is 10.1. The number of rotatable bonds is 3. The van der Waals surface area contributed by atoms with Gasteiger partial charge in [0.25, 0.3) is 0 Å². The number of hydrogen-bond donors (Lipinski definition) is 1. The third-order valence-corrected chi connectivity index (χ3v) is 6.04. The standard InChI is InChI=1S/C14H11BrClIN2S/c15-12-3-2-9-11-7-8(16)1-4-13(11)19(20-17)14(9)10(12)5-6-18/h1-4,7H,5-6,18H2. The van der Waals surface area contributed by atoms with Gasteiger partial charge in [-0.25, -0.2) is 0 Å². The molecule has 0 amide bonds. The van der Waals surface area contributed by atoms with Crippen LogP contribution in [0.1, 0.15) is 5.56 Å². The fourth-order valence-corrected chi connectivity index (χ4v) is 4.97. The molecule has 3 rings (SSSR count). The molecular formula is C14H11BrClIN2S. The van der Waals surface area contributed by atoms with E-state index < -0.39 is 0 Å². The second kappa shape index (κ2) is 6.04. The van der Waals surface area contributed by atoms with Gasteiger partial charge in [0, 0.05) is 50.6 Å². The largest absolute Gasteiger partial charge is 0.330 e. The summed E-state index contributed by atoms with van der Waals surface area (Å²) in [6.45, 7) is 0.631. The molecule has 2 N–H and O–H groups in total. The quantitative estimate of drug-likeness (QED) is 0.497. The van der Waals surface area contributed by atoms with E-state index in [0.29, 0.717) is 6.54 Å². The molecule has 0 aliphatic rings. The molecule has 0 aliphatic heterocycles. The van der Waals surface area contributed by atoms with E-state index in [4.69, 9.17) is 17.3 Å². The Morgan fingerprint density at radius 2 is 2.05 bits per heavy atom. The van der Waals surface area contributed by atoms with Gasteiger partial charge in [0.15, 0.2) is 0 Å². The van der Waals surface area contributed by atoms with Crippen LogP contribution in [0.25, 0.3) is 21.8 Å². The molecule has 0 unspecified atom stereocenters. The number of benzene rings is 2. The summed E-state index contributed by atoms with van der Waals surface area (Å²) in [6, 6.07) is 10.3. The molecule has 1 heterocycles. The monoisotopic (exact) mass is 480 g/mol. The van der Waals surface area contributed by atoms with Crippen molar-refractivity contribution in [1.29, 1.82) is 0 Å². The Balaban J connectivity index is 2.51. The summed E-state index contributed by atoms with van der Waals surface area (Å²) < 4.78 is 3.35. The highest BCUT2D eigenvalue weighted by Crippen LogP contribution is 2.39. The van der Waals surface area contributed by atoms with Gasteiger partial charge in [-0.15, -0.1) is 0 Å². The van der Waals surface area contributed by atoms with Crippen LogP contribution >= 0.6 is 57.9 Å². The molecule has 0 bridgehead atoms. The van der Waals surface area contributed by atoms with Crippen molar-refractivity contribution in [3.8, 4) is 0 Å². The number of hydrogen-bond acceptors (Lipinski definition) is 2. The summed E-state index contributed by atoms with van der Waals surface area (Å²) in [7, 11) is 1.67. The minimum Gasteiger partial charge on any atom is -0.330 e. The highest BCUT2D eigenvalue weighted by Gasteiger charge is 2.16. The molecule has 0 saturated heterocycles.